The summed E-state index contributed by atoms with van der Waals surface area (Å²) < 4.78 is 0. The predicted octanol–water partition coefficient (Wildman–Crippen LogP) is 2.68. The Bertz CT molecular complexity index is 639. The third kappa shape index (κ3) is 2.32. The molecule has 4 nitrogen and oxygen atoms in total. The molecule has 20 heavy (non-hydrogen) atoms. The summed E-state index contributed by atoms with van der Waals surface area (Å²) in [4.78, 5) is 22.4. The van der Waals surface area contributed by atoms with E-state index < -0.39 is 0 Å². The van der Waals surface area contributed by atoms with E-state index >= 15 is 0 Å². The summed E-state index contributed by atoms with van der Waals surface area (Å²) >= 11 is 0. The Morgan fingerprint density at radius 3 is 2.75 bits per heavy atom. The third-order valence-corrected chi connectivity index (χ3v) is 3.44. The van der Waals surface area contributed by atoms with Gasteiger partial charge in [0.05, 0.1) is 5.69 Å². The molecule has 2 aromatic rings. The first-order chi connectivity index (χ1) is 9.78. The van der Waals surface area contributed by atoms with Gasteiger partial charge in [-0.25, -0.2) is 9.97 Å². The molecule has 1 aromatic carbocycles. The van der Waals surface area contributed by atoms with Crippen molar-refractivity contribution in [2.24, 2.45) is 5.92 Å². The second-order valence-corrected chi connectivity index (χ2v) is 4.81. The number of amides is 1. The van der Waals surface area contributed by atoms with Crippen LogP contribution >= 0.6 is 0 Å². The van der Waals surface area contributed by atoms with Crippen LogP contribution in [0.4, 0.5) is 5.95 Å². The van der Waals surface area contributed by atoms with Crippen LogP contribution < -0.4 is 4.90 Å². The van der Waals surface area contributed by atoms with E-state index in [1.807, 2.05) is 42.5 Å². The first kappa shape index (κ1) is 12.5. The minimum atomic E-state index is 0.0557. The molecule has 0 radical (unpaired) electrons. The van der Waals surface area contributed by atoms with E-state index in [1.165, 1.54) is 0 Å². The highest BCUT2D eigenvalue weighted by Gasteiger charge is 2.30. The Kier molecular flexibility index (Phi) is 3.29. The Morgan fingerprint density at radius 2 is 2.05 bits per heavy atom. The summed E-state index contributed by atoms with van der Waals surface area (Å²) in [5, 5.41) is 0. The molecular weight excluding hydrogens is 250 g/mol. The minimum Gasteiger partial charge on any atom is -0.280 e. The molecule has 1 fully saturated rings. The number of nitrogens with zero attached hydrogens (tertiary/aromatic N) is 3. The highest BCUT2D eigenvalue weighted by molar-refractivity contribution is 5.94. The van der Waals surface area contributed by atoms with Gasteiger partial charge in [-0.05, 0) is 6.07 Å². The molecule has 1 aromatic heterocycles. The van der Waals surface area contributed by atoms with Crippen LogP contribution in [0.5, 0.6) is 0 Å². The highest BCUT2D eigenvalue weighted by atomic mass is 16.2. The van der Waals surface area contributed by atoms with Gasteiger partial charge >= 0.3 is 0 Å². The molecule has 1 amide bonds. The molecule has 1 aliphatic rings. The first-order valence-electron chi connectivity index (χ1n) is 6.59. The van der Waals surface area contributed by atoms with Gasteiger partial charge in [-0.15, -0.1) is 6.58 Å². The maximum Gasteiger partial charge on any atom is 0.232 e. The van der Waals surface area contributed by atoms with Gasteiger partial charge in [-0.3, -0.25) is 9.69 Å². The molecule has 3 rings (SSSR count). The number of hydrogen-bond acceptors (Lipinski definition) is 3. The van der Waals surface area contributed by atoms with E-state index in [4.69, 9.17) is 0 Å². The van der Waals surface area contributed by atoms with E-state index in [1.54, 1.807) is 11.1 Å². The summed E-state index contributed by atoms with van der Waals surface area (Å²) in [5.74, 6) is 0.715. The number of carbonyl (C=O) groups is 1. The lowest BCUT2D eigenvalue weighted by molar-refractivity contribution is -0.117. The quantitative estimate of drug-likeness (QED) is 0.801. The Morgan fingerprint density at radius 1 is 1.25 bits per heavy atom. The van der Waals surface area contributed by atoms with Gasteiger partial charge in [0.2, 0.25) is 11.9 Å². The lowest BCUT2D eigenvalue weighted by Crippen LogP contribution is -2.26. The fourth-order valence-corrected chi connectivity index (χ4v) is 2.33. The summed E-state index contributed by atoms with van der Waals surface area (Å²) in [7, 11) is 0. The molecule has 4 heteroatoms. The molecule has 2 heterocycles. The maximum atomic E-state index is 12.0. The summed E-state index contributed by atoms with van der Waals surface area (Å²) in [5.41, 5.74) is 1.84. The normalized spacial score (nSPS) is 18.3. The van der Waals surface area contributed by atoms with E-state index in [0.717, 1.165) is 11.3 Å². The zero-order chi connectivity index (χ0) is 13.9. The average Bonchev–Trinajstić information content (AvgIpc) is 2.89. The molecule has 0 saturated carbocycles. The van der Waals surface area contributed by atoms with Crippen molar-refractivity contribution < 1.29 is 4.79 Å². The van der Waals surface area contributed by atoms with Crippen LogP contribution in [0, 0.1) is 5.92 Å². The molecule has 1 saturated heterocycles. The second-order valence-electron chi connectivity index (χ2n) is 4.81. The van der Waals surface area contributed by atoms with E-state index in [-0.39, 0.29) is 11.8 Å². The Balaban J connectivity index is 1.92. The van der Waals surface area contributed by atoms with E-state index in [9.17, 15) is 4.79 Å². The molecule has 0 N–H and O–H groups in total. The number of aromatic nitrogens is 2. The average molecular weight is 265 g/mol. The molecule has 1 atom stereocenters. The van der Waals surface area contributed by atoms with Gasteiger partial charge in [0.1, 0.15) is 0 Å². The second kappa shape index (κ2) is 5.25. The molecule has 1 unspecified atom stereocenters. The molecule has 100 valence electrons. The van der Waals surface area contributed by atoms with Crippen LogP contribution in [0.3, 0.4) is 0 Å². The van der Waals surface area contributed by atoms with Gasteiger partial charge in [-0.2, -0.15) is 0 Å². The number of benzene rings is 1. The van der Waals surface area contributed by atoms with Crippen LogP contribution in [-0.4, -0.2) is 22.4 Å². The van der Waals surface area contributed by atoms with Gasteiger partial charge in [0, 0.05) is 30.6 Å². The van der Waals surface area contributed by atoms with E-state index in [0.29, 0.717) is 18.9 Å². The molecule has 0 bridgehead atoms. The molecule has 0 spiro atoms. The van der Waals surface area contributed by atoms with Crippen LogP contribution in [-0.2, 0) is 4.79 Å². The monoisotopic (exact) mass is 265 g/mol. The molecule has 0 aliphatic carbocycles. The number of anilines is 1. The van der Waals surface area contributed by atoms with Crippen molar-refractivity contribution >= 4 is 11.9 Å². The maximum absolute atomic E-state index is 12.0. The number of rotatable bonds is 3. The van der Waals surface area contributed by atoms with E-state index in [2.05, 4.69) is 16.5 Å². The van der Waals surface area contributed by atoms with Crippen LogP contribution in [0.2, 0.25) is 0 Å². The predicted molar refractivity (Wildman–Crippen MR) is 78.1 cm³/mol. The van der Waals surface area contributed by atoms with Crippen LogP contribution in [0.1, 0.15) is 6.42 Å². The zero-order valence-corrected chi connectivity index (χ0v) is 11.1. The third-order valence-electron chi connectivity index (χ3n) is 3.44. The molecular formula is C16H15N3O. The summed E-state index contributed by atoms with van der Waals surface area (Å²) in [6.07, 6.45) is 4.00. The smallest absolute Gasteiger partial charge is 0.232 e. The SMILES string of the molecule is C=CC1CC(=O)N(c2nccc(-c3ccccc3)n2)C1. The van der Waals surface area contributed by atoms with Gasteiger partial charge < -0.3 is 0 Å². The number of hydrogen-bond donors (Lipinski definition) is 0. The van der Waals surface area contributed by atoms with Gasteiger partial charge in [-0.1, -0.05) is 36.4 Å². The first-order valence-corrected chi connectivity index (χ1v) is 6.59. The topological polar surface area (TPSA) is 46.1 Å². The summed E-state index contributed by atoms with van der Waals surface area (Å²) in [6, 6.07) is 11.7. The lowest BCUT2D eigenvalue weighted by atomic mass is 10.1. The van der Waals surface area contributed by atoms with Gasteiger partial charge in [0.15, 0.2) is 0 Å². The van der Waals surface area contributed by atoms with Crippen molar-refractivity contribution in [3.8, 4) is 11.3 Å². The minimum absolute atomic E-state index is 0.0557. The van der Waals surface area contributed by atoms with Crippen molar-refractivity contribution in [3.63, 3.8) is 0 Å². The standard InChI is InChI=1S/C16H15N3O/c1-2-12-10-15(20)19(11-12)16-17-9-8-14(18-16)13-6-4-3-5-7-13/h2-9,12H,1,10-11H2. The van der Waals surface area contributed by atoms with Crippen molar-refractivity contribution in [2.75, 3.05) is 11.4 Å². The Hall–Kier alpha value is -2.49. The Labute approximate surface area is 117 Å². The van der Waals surface area contributed by atoms with Crippen LogP contribution in [0.25, 0.3) is 11.3 Å². The molecule has 1 aliphatic heterocycles. The van der Waals surface area contributed by atoms with Crippen molar-refractivity contribution in [1.82, 2.24) is 9.97 Å². The fourth-order valence-electron chi connectivity index (χ4n) is 2.33. The summed E-state index contributed by atoms with van der Waals surface area (Å²) in [6.45, 7) is 4.36. The highest BCUT2D eigenvalue weighted by Crippen LogP contribution is 2.24. The largest absolute Gasteiger partial charge is 0.280 e. The zero-order valence-electron chi connectivity index (χ0n) is 11.1. The van der Waals surface area contributed by atoms with Crippen molar-refractivity contribution in [1.29, 1.82) is 0 Å². The fraction of sp³-hybridized carbons (Fsp3) is 0.188. The van der Waals surface area contributed by atoms with Gasteiger partial charge in [0.25, 0.3) is 0 Å². The van der Waals surface area contributed by atoms with Crippen molar-refractivity contribution in [2.45, 2.75) is 6.42 Å². The van der Waals surface area contributed by atoms with Crippen LogP contribution in [0.15, 0.2) is 55.3 Å². The number of carbonyl (C=O) groups excluding carboxylic acids is 1. The lowest BCUT2D eigenvalue weighted by Gasteiger charge is -2.14. The van der Waals surface area contributed by atoms with Crippen molar-refractivity contribution in [3.05, 3.63) is 55.3 Å².